The molecule has 2 aliphatic rings. The van der Waals surface area contributed by atoms with Crippen molar-refractivity contribution >= 4 is 22.3 Å². The first-order chi connectivity index (χ1) is 18.1. The molecule has 10 heteroatoms. The van der Waals surface area contributed by atoms with Gasteiger partial charge in [0.1, 0.15) is 5.82 Å². The van der Waals surface area contributed by atoms with Crippen LogP contribution in [0.15, 0.2) is 39.6 Å². The molecule has 1 saturated carbocycles. The molecule has 1 aliphatic heterocycles. The predicted molar refractivity (Wildman–Crippen MR) is 152 cm³/mol. The van der Waals surface area contributed by atoms with E-state index in [1.807, 2.05) is 6.92 Å². The van der Waals surface area contributed by atoms with E-state index in [1.165, 1.54) is 38.3 Å². The minimum Gasteiger partial charge on any atom is -0.352 e. The van der Waals surface area contributed by atoms with Crippen molar-refractivity contribution in [3.05, 3.63) is 35.4 Å². The van der Waals surface area contributed by atoms with Crippen LogP contribution in [0.1, 0.15) is 77.5 Å². The highest BCUT2D eigenvalue weighted by Gasteiger charge is 2.31. The molecule has 1 saturated heterocycles. The molecule has 0 spiro atoms. The van der Waals surface area contributed by atoms with Crippen molar-refractivity contribution < 1.29 is 13.2 Å². The molecule has 212 valence electrons. The molecule has 0 radical (unpaired) electrons. The Kier molecular flexibility index (Phi) is 11.1. The van der Waals surface area contributed by atoms with Crippen molar-refractivity contribution in [1.82, 2.24) is 24.5 Å². The SMILES string of the molecule is C=C(CCC)/C(NC=NCC1CCN(S(=O)(=O)c2cnc(C)n2C)CC1)=C(\C)C(=O)NCC1CCCCC1. The summed E-state index contributed by atoms with van der Waals surface area (Å²) in [4.78, 5) is 21.6. The summed E-state index contributed by atoms with van der Waals surface area (Å²) in [6.45, 7) is 12.2. The number of rotatable bonds is 12. The average molecular weight is 547 g/mol. The van der Waals surface area contributed by atoms with Gasteiger partial charge in [0.2, 0.25) is 5.91 Å². The number of carbonyl (C=O) groups excluding carboxylic acids is 1. The first-order valence-corrected chi connectivity index (χ1v) is 15.5. The third-order valence-corrected chi connectivity index (χ3v) is 9.87. The van der Waals surface area contributed by atoms with Crippen LogP contribution in [-0.2, 0) is 21.9 Å². The number of aromatic nitrogens is 2. The summed E-state index contributed by atoms with van der Waals surface area (Å²) in [6, 6.07) is 0. The van der Waals surface area contributed by atoms with E-state index >= 15 is 0 Å². The second-order valence-corrected chi connectivity index (χ2v) is 12.6. The van der Waals surface area contributed by atoms with Crippen LogP contribution < -0.4 is 10.6 Å². The van der Waals surface area contributed by atoms with E-state index < -0.39 is 10.0 Å². The van der Waals surface area contributed by atoms with Crippen LogP contribution in [0.25, 0.3) is 0 Å². The molecular weight excluding hydrogens is 500 g/mol. The molecule has 0 aromatic carbocycles. The van der Waals surface area contributed by atoms with Crippen molar-refractivity contribution in [2.45, 2.75) is 83.6 Å². The third kappa shape index (κ3) is 7.79. The number of amides is 1. The molecule has 38 heavy (non-hydrogen) atoms. The van der Waals surface area contributed by atoms with E-state index in [2.05, 4.69) is 34.1 Å². The quantitative estimate of drug-likeness (QED) is 0.178. The summed E-state index contributed by atoms with van der Waals surface area (Å²) < 4.78 is 29.2. The summed E-state index contributed by atoms with van der Waals surface area (Å²) in [5, 5.41) is 6.60. The lowest BCUT2D eigenvalue weighted by molar-refractivity contribution is -0.117. The minimum atomic E-state index is -3.55. The number of aliphatic imine (C=N–C) groups is 1. The molecule has 0 unspecified atom stereocenters. The van der Waals surface area contributed by atoms with Crippen molar-refractivity contribution in [3.63, 3.8) is 0 Å². The van der Waals surface area contributed by atoms with Gasteiger partial charge in [-0.3, -0.25) is 9.79 Å². The monoisotopic (exact) mass is 546 g/mol. The fourth-order valence-corrected chi connectivity index (χ4v) is 6.89. The van der Waals surface area contributed by atoms with E-state index in [-0.39, 0.29) is 10.9 Å². The smallest absolute Gasteiger partial charge is 0.260 e. The molecule has 1 aliphatic carbocycles. The molecular formula is C28H46N6O3S. The number of nitrogens with zero attached hydrogens (tertiary/aromatic N) is 4. The number of piperidine rings is 1. The normalized spacial score (nSPS) is 18.9. The van der Waals surface area contributed by atoms with Crippen LogP contribution >= 0.6 is 0 Å². The summed E-state index contributed by atoms with van der Waals surface area (Å²) in [5.74, 6) is 1.50. The van der Waals surface area contributed by atoms with Gasteiger partial charge in [-0.15, -0.1) is 0 Å². The fraction of sp³-hybridized carbons (Fsp3) is 0.679. The molecule has 0 atom stereocenters. The van der Waals surface area contributed by atoms with Crippen molar-refractivity contribution in [2.75, 3.05) is 26.2 Å². The molecule has 3 rings (SSSR count). The van der Waals surface area contributed by atoms with E-state index in [0.717, 1.165) is 43.5 Å². The highest BCUT2D eigenvalue weighted by Crippen LogP contribution is 2.25. The lowest BCUT2D eigenvalue weighted by Crippen LogP contribution is -2.39. The van der Waals surface area contributed by atoms with Crippen molar-refractivity contribution in [3.8, 4) is 0 Å². The van der Waals surface area contributed by atoms with Crippen LogP contribution in [-0.4, -0.2) is 60.7 Å². The number of hydrogen-bond acceptors (Lipinski definition) is 5. The van der Waals surface area contributed by atoms with Gasteiger partial charge in [0, 0.05) is 38.8 Å². The zero-order chi connectivity index (χ0) is 27.7. The van der Waals surface area contributed by atoms with E-state index in [4.69, 9.17) is 0 Å². The maximum atomic E-state index is 13.0. The zero-order valence-electron chi connectivity index (χ0n) is 23.6. The first kappa shape index (κ1) is 30.1. The van der Waals surface area contributed by atoms with Gasteiger partial charge < -0.3 is 15.2 Å². The minimum absolute atomic E-state index is 0.0547. The van der Waals surface area contributed by atoms with Crippen LogP contribution in [0.3, 0.4) is 0 Å². The van der Waals surface area contributed by atoms with E-state index in [9.17, 15) is 13.2 Å². The maximum absolute atomic E-state index is 13.0. The van der Waals surface area contributed by atoms with Gasteiger partial charge in [-0.2, -0.15) is 4.31 Å². The summed E-state index contributed by atoms with van der Waals surface area (Å²) in [6.07, 6.45) is 12.5. The number of imidazole rings is 1. The Morgan fingerprint density at radius 2 is 1.87 bits per heavy atom. The Labute approximate surface area is 228 Å². The van der Waals surface area contributed by atoms with Gasteiger partial charge in [-0.05, 0) is 63.4 Å². The van der Waals surface area contributed by atoms with Crippen LogP contribution in [0.5, 0.6) is 0 Å². The standard InChI is InChI=1S/C28H46N6O3S/c1-6-10-21(2)27(22(3)28(35)31-18-24-11-8-7-9-12-24)32-20-29-17-25-13-15-34(16-14-25)38(36,37)26-19-30-23(4)33(26)5/h19-20,24-25H,2,6-18H2,1,3-5H3,(H,29,32)(H,31,35)/b27-22-. The van der Waals surface area contributed by atoms with E-state index in [1.54, 1.807) is 29.2 Å². The Morgan fingerprint density at radius 1 is 1.18 bits per heavy atom. The number of nitrogens with one attached hydrogen (secondary N) is 2. The predicted octanol–water partition coefficient (Wildman–Crippen LogP) is 4.07. The Bertz CT molecular complexity index is 1120. The molecule has 2 heterocycles. The second kappa shape index (κ2) is 14.1. The van der Waals surface area contributed by atoms with Crippen LogP contribution in [0.2, 0.25) is 0 Å². The number of allylic oxidation sites excluding steroid dienone is 1. The van der Waals surface area contributed by atoms with Gasteiger partial charge >= 0.3 is 0 Å². The molecule has 2 fully saturated rings. The number of carbonyl (C=O) groups is 1. The molecule has 0 bridgehead atoms. The topological polar surface area (TPSA) is 109 Å². The Morgan fingerprint density at radius 3 is 2.47 bits per heavy atom. The lowest BCUT2D eigenvalue weighted by Gasteiger charge is -2.30. The maximum Gasteiger partial charge on any atom is 0.260 e. The highest BCUT2D eigenvalue weighted by atomic mass is 32.2. The molecule has 1 aromatic rings. The van der Waals surface area contributed by atoms with Gasteiger partial charge in [0.05, 0.1) is 18.2 Å². The van der Waals surface area contributed by atoms with Gasteiger partial charge in [-0.25, -0.2) is 13.4 Å². The van der Waals surface area contributed by atoms with Crippen molar-refractivity contribution in [1.29, 1.82) is 0 Å². The van der Waals surface area contributed by atoms with Gasteiger partial charge in [0.15, 0.2) is 5.03 Å². The summed E-state index contributed by atoms with van der Waals surface area (Å²) in [7, 11) is -1.82. The van der Waals surface area contributed by atoms with Crippen molar-refractivity contribution in [2.24, 2.45) is 23.9 Å². The zero-order valence-corrected chi connectivity index (χ0v) is 24.4. The summed E-state index contributed by atoms with van der Waals surface area (Å²) in [5.41, 5.74) is 2.27. The Hall–Kier alpha value is -2.46. The van der Waals surface area contributed by atoms with Crippen LogP contribution in [0.4, 0.5) is 0 Å². The summed E-state index contributed by atoms with van der Waals surface area (Å²) >= 11 is 0. The van der Waals surface area contributed by atoms with E-state index in [0.29, 0.717) is 42.9 Å². The fourth-order valence-electron chi connectivity index (χ4n) is 5.27. The third-order valence-electron chi connectivity index (χ3n) is 7.92. The number of hydrogen-bond donors (Lipinski definition) is 2. The molecule has 2 N–H and O–H groups in total. The highest BCUT2D eigenvalue weighted by molar-refractivity contribution is 7.89. The van der Waals surface area contributed by atoms with Gasteiger partial charge in [0.25, 0.3) is 10.0 Å². The molecule has 9 nitrogen and oxygen atoms in total. The average Bonchev–Trinajstić information content (AvgIpc) is 3.26. The Balaban J connectivity index is 1.53. The number of sulfonamides is 1. The largest absolute Gasteiger partial charge is 0.352 e. The number of aryl methyl sites for hydroxylation is 1. The first-order valence-electron chi connectivity index (χ1n) is 14.1. The van der Waals surface area contributed by atoms with Crippen LogP contribution in [0, 0.1) is 18.8 Å². The lowest BCUT2D eigenvalue weighted by atomic mass is 9.89. The molecule has 1 amide bonds. The molecule has 1 aromatic heterocycles. The van der Waals surface area contributed by atoms with Gasteiger partial charge in [-0.1, -0.05) is 39.2 Å². The second-order valence-electron chi connectivity index (χ2n) is 10.8.